The predicted molar refractivity (Wildman–Crippen MR) is 417 cm³/mol. The first-order valence-corrected chi connectivity index (χ1v) is 41.0. The number of nitrogens with zero attached hydrogens (tertiary/aromatic N) is 1. The fourth-order valence-electron chi connectivity index (χ4n) is 11.8. The van der Waals surface area contributed by atoms with Crippen molar-refractivity contribution < 1.29 is 42.9 Å². The van der Waals surface area contributed by atoms with Gasteiger partial charge in [-0.25, -0.2) is 0 Å². The van der Waals surface area contributed by atoms with Gasteiger partial charge in [-0.15, -0.1) is 0 Å². The topological polar surface area (TPSA) is 111 Å². The van der Waals surface area contributed by atoms with Crippen LogP contribution in [0, 0.1) is 0 Å². The fraction of sp³-hybridized carbons (Fsp3) is 0.761. The number of aliphatic carboxylic acids is 1. The fourth-order valence-corrected chi connectivity index (χ4v) is 11.8. The lowest BCUT2D eigenvalue weighted by Crippen LogP contribution is -2.44. The summed E-state index contributed by atoms with van der Waals surface area (Å²) in [5.74, 6) is -2.27. The van der Waals surface area contributed by atoms with Crippen molar-refractivity contribution >= 4 is 17.9 Å². The Hall–Kier alpha value is -4.05. The summed E-state index contributed by atoms with van der Waals surface area (Å²) in [4.78, 5) is 37.6. The average Bonchev–Trinajstić information content (AvgIpc) is 3.11. The molecule has 0 saturated heterocycles. The van der Waals surface area contributed by atoms with Gasteiger partial charge in [0.05, 0.1) is 40.3 Å². The maximum Gasteiger partial charge on any atom is 0.306 e. The van der Waals surface area contributed by atoms with Gasteiger partial charge < -0.3 is 33.3 Å². The molecule has 2 unspecified atom stereocenters. The second-order valence-electron chi connectivity index (χ2n) is 28.7. The van der Waals surface area contributed by atoms with E-state index in [0.29, 0.717) is 23.9 Å². The summed E-state index contributed by atoms with van der Waals surface area (Å²) >= 11 is 0. The Morgan fingerprint density at radius 2 is 0.588 bits per heavy atom. The molecular formula is C88H155NO8. The first kappa shape index (κ1) is 93.0. The molecule has 0 rings (SSSR count). The predicted octanol–water partition coefficient (Wildman–Crippen LogP) is 25.1. The van der Waals surface area contributed by atoms with Crippen LogP contribution in [-0.4, -0.2) is 82.3 Å². The Morgan fingerprint density at radius 1 is 0.320 bits per heavy atom. The smallest absolute Gasteiger partial charge is 0.306 e. The number of quaternary nitrogens is 1. The number of unbranched alkanes of at least 4 members (excludes halogenated alkanes) is 43. The van der Waals surface area contributed by atoms with E-state index >= 15 is 0 Å². The van der Waals surface area contributed by atoms with Crippen molar-refractivity contribution in [2.75, 3.05) is 47.5 Å². The van der Waals surface area contributed by atoms with E-state index in [1.54, 1.807) is 0 Å². The van der Waals surface area contributed by atoms with Gasteiger partial charge in [0, 0.05) is 12.8 Å². The van der Waals surface area contributed by atoms with E-state index in [9.17, 15) is 19.5 Å². The molecule has 0 radical (unpaired) electrons. The second-order valence-corrected chi connectivity index (χ2v) is 28.7. The van der Waals surface area contributed by atoms with Gasteiger partial charge in [0.2, 0.25) is 0 Å². The van der Waals surface area contributed by atoms with Gasteiger partial charge in [-0.2, -0.15) is 0 Å². The van der Waals surface area contributed by atoms with Crippen molar-refractivity contribution in [3.05, 3.63) is 109 Å². The molecule has 0 aliphatic heterocycles. The molecule has 0 amide bonds. The number of ether oxygens (including phenoxy) is 4. The number of hydrogen-bond acceptors (Lipinski definition) is 8. The first-order valence-electron chi connectivity index (χ1n) is 41.0. The minimum Gasteiger partial charge on any atom is -0.545 e. The molecule has 0 aromatic heterocycles. The van der Waals surface area contributed by atoms with Crippen LogP contribution in [0.1, 0.15) is 373 Å². The van der Waals surface area contributed by atoms with Crippen LogP contribution < -0.4 is 5.11 Å². The molecule has 0 bridgehead atoms. The summed E-state index contributed by atoms with van der Waals surface area (Å²) in [6, 6.07) is 0. The van der Waals surface area contributed by atoms with Crippen molar-refractivity contribution in [1.29, 1.82) is 0 Å². The zero-order chi connectivity index (χ0) is 70.4. The Morgan fingerprint density at radius 3 is 0.887 bits per heavy atom. The molecule has 9 nitrogen and oxygen atoms in total. The molecule has 0 fully saturated rings. The van der Waals surface area contributed by atoms with Crippen molar-refractivity contribution in [2.24, 2.45) is 0 Å². The van der Waals surface area contributed by atoms with Crippen LogP contribution in [0.3, 0.4) is 0 Å². The van der Waals surface area contributed by atoms with E-state index in [2.05, 4.69) is 123 Å². The SMILES string of the molecule is CC/C=C\C/C=C\C/C=C\C/C=C\C/C=C\C/C=C\C/C=C\C/C=C\CCCCCCCCCCCCCCC(=O)OC(COC(=O)CCCCCCCCCCCCCCCCCCCCCCCCC/C=C\CCCCCCCCCC)COC(OCC[N+](C)(C)C)C(=O)[O-]. The van der Waals surface area contributed by atoms with Crippen LogP contribution in [0.2, 0.25) is 0 Å². The molecule has 560 valence electrons. The summed E-state index contributed by atoms with van der Waals surface area (Å²) < 4.78 is 22.9. The van der Waals surface area contributed by atoms with Crippen molar-refractivity contribution in [1.82, 2.24) is 0 Å². The molecule has 0 aromatic carbocycles. The minimum atomic E-state index is -1.63. The third-order valence-corrected chi connectivity index (χ3v) is 18.0. The summed E-state index contributed by atoms with van der Waals surface area (Å²) in [5.41, 5.74) is 0. The lowest BCUT2D eigenvalue weighted by Gasteiger charge is -2.26. The molecule has 0 spiro atoms. The van der Waals surface area contributed by atoms with Crippen molar-refractivity contribution in [3.8, 4) is 0 Å². The van der Waals surface area contributed by atoms with Gasteiger partial charge in [0.1, 0.15) is 13.2 Å². The number of carbonyl (C=O) groups excluding carboxylic acids is 3. The standard InChI is InChI=1S/C88H155NO8/c1-6-8-10-12-14-16-18-20-22-24-26-28-30-32-34-36-38-40-42-43-45-47-49-51-53-55-57-59-61-63-65-67-69-71-73-75-77-79-86(91)97-84(83-96-88(87(92)93)94-81-80-89(3,4)5)82-95-85(90)78-76-74-72-70-68-66-64-62-60-58-56-54-52-50-48-46-44-41-39-37-35-33-31-29-27-25-23-21-19-17-15-13-11-9-7-2/h8,10,14,16,20,22,25-28,32,34,38,40,43,45,49,51,84,88H,6-7,9,11-13,15,17-19,21,23-24,29-31,33,35-37,39,41-42,44,46-48,50,52-83H2,1-5H3/b10-8-,16-14-,22-20-,27-25-,28-26-,34-32-,40-38-,45-43-,51-49-. The van der Waals surface area contributed by atoms with Crippen molar-refractivity contribution in [3.63, 3.8) is 0 Å². The number of hydrogen-bond donors (Lipinski definition) is 0. The van der Waals surface area contributed by atoms with Gasteiger partial charge in [-0.05, 0) is 103 Å². The summed E-state index contributed by atoms with van der Waals surface area (Å²) in [6.45, 7) is 4.68. The first-order chi connectivity index (χ1) is 47.6. The number of esters is 2. The van der Waals surface area contributed by atoms with Crippen LogP contribution in [0.4, 0.5) is 0 Å². The molecular weight excluding hydrogens is 1200 g/mol. The van der Waals surface area contributed by atoms with Crippen molar-refractivity contribution in [2.45, 2.75) is 386 Å². The molecule has 0 aliphatic rings. The number of carbonyl (C=O) groups is 3. The summed E-state index contributed by atoms with van der Waals surface area (Å²) in [5, 5.41) is 11.9. The Labute approximate surface area is 600 Å². The third-order valence-electron chi connectivity index (χ3n) is 18.0. The van der Waals surface area contributed by atoms with Crippen LogP contribution >= 0.6 is 0 Å². The highest BCUT2D eigenvalue weighted by Crippen LogP contribution is 2.19. The summed E-state index contributed by atoms with van der Waals surface area (Å²) in [7, 11) is 5.94. The average molecular weight is 1360 g/mol. The molecule has 0 N–H and O–H groups in total. The van der Waals surface area contributed by atoms with Crippen LogP contribution in [0.5, 0.6) is 0 Å². The maximum absolute atomic E-state index is 13.0. The van der Waals surface area contributed by atoms with E-state index < -0.39 is 24.3 Å². The van der Waals surface area contributed by atoms with E-state index in [-0.39, 0.29) is 32.2 Å². The zero-order valence-electron chi connectivity index (χ0n) is 64.2. The van der Waals surface area contributed by atoms with E-state index in [1.807, 2.05) is 21.1 Å². The monoisotopic (exact) mass is 1350 g/mol. The quantitative estimate of drug-likeness (QED) is 0.0195. The highest BCUT2D eigenvalue weighted by Gasteiger charge is 2.22. The van der Waals surface area contributed by atoms with Gasteiger partial charge in [0.15, 0.2) is 12.4 Å². The Bertz CT molecular complexity index is 1970. The number of carboxylic acids is 1. The van der Waals surface area contributed by atoms with Crippen LogP contribution in [-0.2, 0) is 33.3 Å². The van der Waals surface area contributed by atoms with Gasteiger partial charge in [-0.3, -0.25) is 9.59 Å². The van der Waals surface area contributed by atoms with E-state index in [1.165, 1.54) is 250 Å². The highest BCUT2D eigenvalue weighted by molar-refractivity contribution is 5.70. The number of allylic oxidation sites excluding steroid dienone is 18. The van der Waals surface area contributed by atoms with E-state index in [4.69, 9.17) is 18.9 Å². The van der Waals surface area contributed by atoms with Gasteiger partial charge >= 0.3 is 11.9 Å². The molecule has 0 aliphatic carbocycles. The molecule has 9 heteroatoms. The van der Waals surface area contributed by atoms with Crippen LogP contribution in [0.15, 0.2) is 109 Å². The summed E-state index contributed by atoms with van der Waals surface area (Å²) in [6.07, 6.45) is 106. The molecule has 0 aromatic rings. The molecule has 2 atom stereocenters. The third kappa shape index (κ3) is 79.2. The lowest BCUT2D eigenvalue weighted by atomic mass is 10.0. The maximum atomic E-state index is 13.0. The van der Waals surface area contributed by atoms with E-state index in [0.717, 1.165) is 89.9 Å². The molecule has 97 heavy (non-hydrogen) atoms. The second kappa shape index (κ2) is 77.7. The largest absolute Gasteiger partial charge is 0.545 e. The molecule has 0 heterocycles. The van der Waals surface area contributed by atoms with Gasteiger partial charge in [-0.1, -0.05) is 367 Å². The Kier molecular flexibility index (Phi) is 74.4. The zero-order valence-corrected chi connectivity index (χ0v) is 64.2. The minimum absolute atomic E-state index is 0.145. The highest BCUT2D eigenvalue weighted by atomic mass is 16.7. The normalized spacial score (nSPS) is 13.2. The Balaban J connectivity index is 4.03. The number of likely N-dealkylation sites (N-methyl/N-ethyl adjacent to an activating group) is 1. The lowest BCUT2D eigenvalue weighted by molar-refractivity contribution is -0.870. The van der Waals surface area contributed by atoms with Gasteiger partial charge in [0.25, 0.3) is 0 Å². The van der Waals surface area contributed by atoms with Crippen LogP contribution in [0.25, 0.3) is 0 Å². The number of rotatable bonds is 76. The number of carboxylic acid groups (broad SMARTS) is 1. The molecule has 0 saturated carbocycles.